The molecule has 0 bridgehead atoms. The standard InChI is InChI=1S/C20H18N2O2/c1-2-4-16-13(3-1)15-8-18-14-9-20-19(23-11-24-20)7-12(14)5-6-22(18)10-17(15)21-16/h1-4,7,9,18,21H,5-6,8,10-11H2/t18-/m0/s1. The predicted molar refractivity (Wildman–Crippen MR) is 91.4 cm³/mol. The lowest BCUT2D eigenvalue weighted by molar-refractivity contribution is 0.159. The Hall–Kier alpha value is -2.46. The van der Waals surface area contributed by atoms with Gasteiger partial charge in [0.1, 0.15) is 0 Å². The van der Waals surface area contributed by atoms with Crippen molar-refractivity contribution in [3.8, 4) is 11.5 Å². The number of para-hydroxylation sites is 1. The summed E-state index contributed by atoms with van der Waals surface area (Å²) < 4.78 is 11.2. The van der Waals surface area contributed by atoms with Gasteiger partial charge in [0.25, 0.3) is 0 Å². The highest BCUT2D eigenvalue weighted by Gasteiger charge is 2.35. The topological polar surface area (TPSA) is 37.5 Å². The van der Waals surface area contributed by atoms with Crippen molar-refractivity contribution in [2.24, 2.45) is 0 Å². The van der Waals surface area contributed by atoms with Crippen LogP contribution in [0.2, 0.25) is 0 Å². The maximum absolute atomic E-state index is 5.62. The zero-order valence-corrected chi connectivity index (χ0v) is 13.3. The van der Waals surface area contributed by atoms with Crippen LogP contribution >= 0.6 is 0 Å². The van der Waals surface area contributed by atoms with Crippen molar-refractivity contribution in [2.45, 2.75) is 25.4 Å². The van der Waals surface area contributed by atoms with Gasteiger partial charge in [-0.25, -0.2) is 0 Å². The lowest BCUT2D eigenvalue weighted by atomic mass is 9.85. The molecule has 6 rings (SSSR count). The van der Waals surface area contributed by atoms with E-state index in [-0.39, 0.29) is 0 Å². The van der Waals surface area contributed by atoms with Gasteiger partial charge in [0.2, 0.25) is 6.79 Å². The Morgan fingerprint density at radius 1 is 1.08 bits per heavy atom. The molecule has 1 atom stereocenters. The molecule has 0 fully saturated rings. The predicted octanol–water partition coefficient (Wildman–Crippen LogP) is 3.55. The number of nitrogens with one attached hydrogen (secondary N) is 1. The summed E-state index contributed by atoms with van der Waals surface area (Å²) in [7, 11) is 0. The van der Waals surface area contributed by atoms with Crippen LogP contribution in [0.25, 0.3) is 10.9 Å². The van der Waals surface area contributed by atoms with Crippen LogP contribution in [0.3, 0.4) is 0 Å². The summed E-state index contributed by atoms with van der Waals surface area (Å²) in [5.74, 6) is 1.81. The SMILES string of the molecule is c1ccc2c3c([nH]c2c1)CN1CCc2cc4c(cc2[C@@H]1C3)OCO4. The molecule has 3 aromatic rings. The van der Waals surface area contributed by atoms with Crippen LogP contribution in [0.5, 0.6) is 11.5 Å². The monoisotopic (exact) mass is 318 g/mol. The number of H-pyrrole nitrogens is 1. The summed E-state index contributed by atoms with van der Waals surface area (Å²) in [6.07, 6.45) is 2.14. The van der Waals surface area contributed by atoms with Gasteiger partial charge in [-0.2, -0.15) is 0 Å². The third-order valence-corrected chi connectivity index (χ3v) is 5.76. The third kappa shape index (κ3) is 1.66. The van der Waals surface area contributed by atoms with Gasteiger partial charge in [0.15, 0.2) is 11.5 Å². The van der Waals surface area contributed by atoms with Crippen molar-refractivity contribution in [2.75, 3.05) is 13.3 Å². The van der Waals surface area contributed by atoms with Gasteiger partial charge in [0, 0.05) is 35.7 Å². The number of aromatic nitrogens is 1. The number of hydrogen-bond donors (Lipinski definition) is 1. The Bertz CT molecular complexity index is 975. The minimum absolute atomic E-state index is 0.346. The summed E-state index contributed by atoms with van der Waals surface area (Å²) in [5.41, 5.74) is 6.97. The summed E-state index contributed by atoms with van der Waals surface area (Å²) in [6, 6.07) is 13.5. The molecule has 3 aliphatic rings. The van der Waals surface area contributed by atoms with Crippen molar-refractivity contribution in [3.63, 3.8) is 0 Å². The molecule has 0 radical (unpaired) electrons. The van der Waals surface area contributed by atoms with Gasteiger partial charge in [0.05, 0.1) is 0 Å². The van der Waals surface area contributed by atoms with Gasteiger partial charge in [-0.3, -0.25) is 4.90 Å². The molecule has 3 aliphatic heterocycles. The lowest BCUT2D eigenvalue weighted by Crippen LogP contribution is -2.39. The van der Waals surface area contributed by atoms with Crippen molar-refractivity contribution >= 4 is 10.9 Å². The van der Waals surface area contributed by atoms with E-state index in [0.29, 0.717) is 12.8 Å². The molecule has 0 aliphatic carbocycles. The zero-order valence-electron chi connectivity index (χ0n) is 13.3. The first kappa shape index (κ1) is 12.9. The highest BCUT2D eigenvalue weighted by molar-refractivity contribution is 5.85. The molecule has 4 nitrogen and oxygen atoms in total. The van der Waals surface area contributed by atoms with E-state index >= 15 is 0 Å². The van der Waals surface area contributed by atoms with Gasteiger partial charge < -0.3 is 14.5 Å². The first-order chi connectivity index (χ1) is 11.9. The fourth-order valence-electron chi connectivity index (χ4n) is 4.59. The number of benzene rings is 2. The Balaban J connectivity index is 1.49. The molecule has 0 amide bonds. The van der Waals surface area contributed by atoms with Crippen molar-refractivity contribution in [3.05, 3.63) is 58.8 Å². The number of aromatic amines is 1. The van der Waals surface area contributed by atoms with E-state index in [2.05, 4.69) is 46.3 Å². The number of nitrogens with zero attached hydrogens (tertiary/aromatic N) is 1. The fraction of sp³-hybridized carbons (Fsp3) is 0.300. The largest absolute Gasteiger partial charge is 0.454 e. The molecule has 0 saturated carbocycles. The Morgan fingerprint density at radius 2 is 1.96 bits per heavy atom. The molecule has 1 N–H and O–H groups in total. The highest BCUT2D eigenvalue weighted by atomic mass is 16.7. The van der Waals surface area contributed by atoms with Crippen LogP contribution in [0.1, 0.15) is 28.4 Å². The normalized spacial score (nSPS) is 21.4. The average molecular weight is 318 g/mol. The first-order valence-electron chi connectivity index (χ1n) is 8.62. The quantitative estimate of drug-likeness (QED) is 0.689. The van der Waals surface area contributed by atoms with E-state index in [1.807, 2.05) is 0 Å². The van der Waals surface area contributed by atoms with E-state index in [9.17, 15) is 0 Å². The van der Waals surface area contributed by atoms with Crippen LogP contribution < -0.4 is 9.47 Å². The number of hydrogen-bond acceptors (Lipinski definition) is 3. The summed E-state index contributed by atoms with van der Waals surface area (Å²) in [5, 5.41) is 1.38. The number of rotatable bonds is 0. The minimum Gasteiger partial charge on any atom is -0.454 e. The second-order valence-corrected chi connectivity index (χ2v) is 6.97. The highest BCUT2D eigenvalue weighted by Crippen LogP contribution is 2.44. The van der Waals surface area contributed by atoms with Gasteiger partial charge in [-0.15, -0.1) is 0 Å². The van der Waals surface area contributed by atoms with Crippen LogP contribution in [0.4, 0.5) is 0 Å². The van der Waals surface area contributed by atoms with E-state index in [1.54, 1.807) is 0 Å². The fourth-order valence-corrected chi connectivity index (χ4v) is 4.59. The Kier molecular flexibility index (Phi) is 2.44. The smallest absolute Gasteiger partial charge is 0.231 e. The number of fused-ring (bicyclic) bond motifs is 7. The lowest BCUT2D eigenvalue weighted by Gasteiger charge is -2.40. The van der Waals surface area contributed by atoms with Crippen molar-refractivity contribution in [1.82, 2.24) is 9.88 Å². The van der Waals surface area contributed by atoms with Gasteiger partial charge >= 0.3 is 0 Å². The summed E-state index contributed by atoms with van der Waals surface area (Å²) in [4.78, 5) is 6.23. The number of ether oxygens (including phenoxy) is 2. The maximum atomic E-state index is 5.62. The first-order valence-corrected chi connectivity index (χ1v) is 8.62. The van der Waals surface area contributed by atoms with Crippen molar-refractivity contribution < 1.29 is 9.47 Å². The van der Waals surface area contributed by atoms with Crippen LogP contribution in [-0.4, -0.2) is 23.2 Å². The molecule has 0 unspecified atom stereocenters. The van der Waals surface area contributed by atoms with Crippen LogP contribution in [-0.2, 0) is 19.4 Å². The molecule has 120 valence electrons. The minimum atomic E-state index is 0.346. The van der Waals surface area contributed by atoms with Gasteiger partial charge in [-0.1, -0.05) is 18.2 Å². The zero-order chi connectivity index (χ0) is 15.7. The molecule has 2 aromatic carbocycles. The van der Waals surface area contributed by atoms with E-state index in [0.717, 1.165) is 37.4 Å². The average Bonchev–Trinajstić information content (AvgIpc) is 3.21. The summed E-state index contributed by atoms with van der Waals surface area (Å²) >= 11 is 0. The Morgan fingerprint density at radius 3 is 2.92 bits per heavy atom. The maximum Gasteiger partial charge on any atom is 0.231 e. The second kappa shape index (κ2) is 4.54. The molecule has 1 aromatic heterocycles. The summed E-state index contributed by atoms with van der Waals surface area (Å²) in [6.45, 7) is 2.45. The molecule has 4 heteroatoms. The second-order valence-electron chi connectivity index (χ2n) is 6.97. The van der Waals surface area contributed by atoms with E-state index < -0.39 is 0 Å². The molecule has 0 spiro atoms. The molecular weight excluding hydrogens is 300 g/mol. The Labute approximate surface area is 140 Å². The molecule has 24 heavy (non-hydrogen) atoms. The molecule has 4 heterocycles. The third-order valence-electron chi connectivity index (χ3n) is 5.76. The van der Waals surface area contributed by atoms with Gasteiger partial charge in [-0.05, 0) is 47.7 Å². The van der Waals surface area contributed by atoms with E-state index in [4.69, 9.17) is 9.47 Å². The van der Waals surface area contributed by atoms with Crippen LogP contribution in [0, 0.1) is 0 Å². The van der Waals surface area contributed by atoms with Crippen LogP contribution in [0.15, 0.2) is 36.4 Å². The molecular formula is C20H18N2O2. The van der Waals surface area contributed by atoms with Crippen molar-refractivity contribution in [1.29, 1.82) is 0 Å². The molecule has 0 saturated heterocycles. The van der Waals surface area contributed by atoms with E-state index in [1.165, 1.54) is 33.3 Å².